The minimum absolute atomic E-state index is 0.162. The Labute approximate surface area is 184 Å². The van der Waals surface area contributed by atoms with Gasteiger partial charge in [-0.05, 0) is 48.1 Å². The fraction of sp³-hybridized carbons (Fsp3) is 0.391. The number of hydrogen-bond donors (Lipinski definition) is 1. The maximum atomic E-state index is 14.0. The number of benzene rings is 2. The zero-order valence-electron chi connectivity index (χ0n) is 17.2. The third-order valence-electron chi connectivity index (χ3n) is 6.39. The molecule has 2 aliphatic heterocycles. The van der Waals surface area contributed by atoms with E-state index in [-0.39, 0.29) is 24.3 Å². The lowest BCUT2D eigenvalue weighted by atomic mass is 10.0. The van der Waals surface area contributed by atoms with Crippen LogP contribution in [-0.2, 0) is 4.79 Å². The number of rotatable bonds is 5. The van der Waals surface area contributed by atoms with Gasteiger partial charge in [-0.3, -0.25) is 14.5 Å². The van der Waals surface area contributed by atoms with E-state index in [2.05, 4.69) is 4.90 Å². The fourth-order valence-electron chi connectivity index (χ4n) is 4.77. The Kier molecular flexibility index (Phi) is 5.99. The standard InChI is InChI=1S/C23H24ClF2N3O2/c1-13-5-6-14(7-17(13)24)20(8-21(27)30)28-9-15-11-29(12-16(15)10-28)23(31)22-18(25)3-2-4-19(22)26/h2-7,15-16,20H,8-12H2,1H3,(H2,27,30). The summed E-state index contributed by atoms with van der Waals surface area (Å²) in [4.78, 5) is 28.2. The Bertz CT molecular complexity index is 998. The monoisotopic (exact) mass is 447 g/mol. The van der Waals surface area contributed by atoms with Crippen molar-refractivity contribution < 1.29 is 18.4 Å². The molecule has 164 valence electrons. The Morgan fingerprint density at radius 2 is 1.71 bits per heavy atom. The third kappa shape index (κ3) is 4.29. The van der Waals surface area contributed by atoms with Crippen molar-refractivity contribution in [2.24, 2.45) is 17.6 Å². The third-order valence-corrected chi connectivity index (χ3v) is 6.80. The lowest BCUT2D eigenvalue weighted by Gasteiger charge is -2.29. The zero-order chi connectivity index (χ0) is 22.3. The molecular weight excluding hydrogens is 424 g/mol. The molecule has 0 saturated carbocycles. The highest BCUT2D eigenvalue weighted by Gasteiger charge is 2.44. The van der Waals surface area contributed by atoms with Crippen LogP contribution in [0.4, 0.5) is 8.78 Å². The van der Waals surface area contributed by atoms with E-state index >= 15 is 0 Å². The van der Waals surface area contributed by atoms with Gasteiger partial charge in [0.25, 0.3) is 5.91 Å². The lowest BCUT2D eigenvalue weighted by Crippen LogP contribution is -2.36. The second-order valence-electron chi connectivity index (χ2n) is 8.48. The molecule has 3 unspecified atom stereocenters. The number of fused-ring (bicyclic) bond motifs is 1. The molecule has 0 aliphatic carbocycles. The van der Waals surface area contributed by atoms with Crippen LogP contribution < -0.4 is 5.73 Å². The molecule has 2 amide bonds. The smallest absolute Gasteiger partial charge is 0.259 e. The highest BCUT2D eigenvalue weighted by molar-refractivity contribution is 6.31. The van der Waals surface area contributed by atoms with Gasteiger partial charge in [-0.25, -0.2) is 8.78 Å². The van der Waals surface area contributed by atoms with Crippen molar-refractivity contribution in [2.75, 3.05) is 26.2 Å². The van der Waals surface area contributed by atoms with E-state index in [1.807, 2.05) is 25.1 Å². The summed E-state index contributed by atoms with van der Waals surface area (Å²) >= 11 is 6.29. The van der Waals surface area contributed by atoms with Gasteiger partial charge in [0.15, 0.2) is 0 Å². The van der Waals surface area contributed by atoms with Crippen molar-refractivity contribution in [3.8, 4) is 0 Å². The molecule has 0 aromatic heterocycles. The van der Waals surface area contributed by atoms with Gasteiger partial charge in [0, 0.05) is 43.7 Å². The number of aryl methyl sites for hydroxylation is 1. The van der Waals surface area contributed by atoms with E-state index in [0.29, 0.717) is 31.2 Å². The summed E-state index contributed by atoms with van der Waals surface area (Å²) in [6.45, 7) is 4.09. The number of nitrogens with zero attached hydrogens (tertiary/aromatic N) is 2. The first-order chi connectivity index (χ1) is 14.7. The molecule has 2 aromatic rings. The van der Waals surface area contributed by atoms with Crippen molar-refractivity contribution in [2.45, 2.75) is 19.4 Å². The first-order valence-electron chi connectivity index (χ1n) is 10.3. The molecule has 2 aromatic carbocycles. The lowest BCUT2D eigenvalue weighted by molar-refractivity contribution is -0.119. The van der Waals surface area contributed by atoms with Crippen LogP contribution in [0.5, 0.6) is 0 Å². The largest absolute Gasteiger partial charge is 0.370 e. The molecule has 0 bridgehead atoms. The Hall–Kier alpha value is -2.51. The van der Waals surface area contributed by atoms with E-state index in [1.165, 1.54) is 11.0 Å². The summed E-state index contributed by atoms with van der Waals surface area (Å²) in [7, 11) is 0. The maximum Gasteiger partial charge on any atom is 0.259 e. The second kappa shape index (κ2) is 8.55. The van der Waals surface area contributed by atoms with E-state index in [4.69, 9.17) is 17.3 Å². The quantitative estimate of drug-likeness (QED) is 0.762. The van der Waals surface area contributed by atoms with Crippen LogP contribution in [0.2, 0.25) is 5.02 Å². The Morgan fingerprint density at radius 1 is 1.10 bits per heavy atom. The summed E-state index contributed by atoms with van der Waals surface area (Å²) in [6.07, 6.45) is 0.169. The van der Waals surface area contributed by atoms with E-state index in [0.717, 1.165) is 23.3 Å². The number of likely N-dealkylation sites (tertiary alicyclic amines) is 2. The molecule has 2 saturated heterocycles. The first-order valence-corrected chi connectivity index (χ1v) is 10.6. The number of amides is 2. The van der Waals surface area contributed by atoms with Gasteiger partial charge in [-0.15, -0.1) is 0 Å². The molecule has 2 fully saturated rings. The number of hydrogen-bond acceptors (Lipinski definition) is 3. The molecule has 3 atom stereocenters. The highest BCUT2D eigenvalue weighted by atomic mass is 35.5. The van der Waals surface area contributed by atoms with Crippen LogP contribution in [0.15, 0.2) is 36.4 Å². The number of carbonyl (C=O) groups excluding carboxylic acids is 2. The molecular formula is C23H24ClF2N3O2. The molecule has 2 N–H and O–H groups in total. The van der Waals surface area contributed by atoms with Crippen LogP contribution in [0.25, 0.3) is 0 Å². The van der Waals surface area contributed by atoms with Crippen molar-refractivity contribution >= 4 is 23.4 Å². The number of carbonyl (C=O) groups is 2. The fourth-order valence-corrected chi connectivity index (χ4v) is 4.96. The molecule has 0 radical (unpaired) electrons. The molecule has 8 heteroatoms. The predicted molar refractivity (Wildman–Crippen MR) is 114 cm³/mol. The van der Waals surface area contributed by atoms with Crippen molar-refractivity contribution in [1.29, 1.82) is 0 Å². The Morgan fingerprint density at radius 3 is 2.26 bits per heavy atom. The molecule has 2 aliphatic rings. The van der Waals surface area contributed by atoms with Gasteiger partial charge >= 0.3 is 0 Å². The summed E-state index contributed by atoms with van der Waals surface area (Å²) in [6, 6.07) is 8.98. The number of nitrogens with two attached hydrogens (primary N) is 1. The van der Waals surface area contributed by atoms with Gasteiger partial charge in [-0.1, -0.05) is 29.8 Å². The maximum absolute atomic E-state index is 14.0. The van der Waals surface area contributed by atoms with Crippen LogP contribution in [0.1, 0.15) is 33.9 Å². The summed E-state index contributed by atoms with van der Waals surface area (Å²) < 4.78 is 28.1. The van der Waals surface area contributed by atoms with Crippen LogP contribution >= 0.6 is 11.6 Å². The molecule has 2 heterocycles. The van der Waals surface area contributed by atoms with Gasteiger partial charge in [-0.2, -0.15) is 0 Å². The summed E-state index contributed by atoms with van der Waals surface area (Å²) in [5, 5.41) is 0.634. The van der Waals surface area contributed by atoms with Gasteiger partial charge in [0.2, 0.25) is 5.91 Å². The normalized spacial score (nSPS) is 21.9. The van der Waals surface area contributed by atoms with Gasteiger partial charge in [0.05, 0.1) is 0 Å². The van der Waals surface area contributed by atoms with Crippen LogP contribution in [0, 0.1) is 30.4 Å². The Balaban J connectivity index is 1.49. The topological polar surface area (TPSA) is 66.6 Å². The van der Waals surface area contributed by atoms with Crippen LogP contribution in [0.3, 0.4) is 0 Å². The van der Waals surface area contributed by atoms with E-state index < -0.39 is 29.0 Å². The van der Waals surface area contributed by atoms with E-state index in [1.54, 1.807) is 0 Å². The summed E-state index contributed by atoms with van der Waals surface area (Å²) in [5.41, 5.74) is 6.90. The first kappa shape index (κ1) is 21.7. The SMILES string of the molecule is Cc1ccc(C(CC(N)=O)N2CC3CN(C(=O)c4c(F)cccc4F)CC3C2)cc1Cl. The number of halogens is 3. The molecule has 4 rings (SSSR count). The summed E-state index contributed by atoms with van der Waals surface area (Å²) in [5.74, 6) is -2.38. The van der Waals surface area contributed by atoms with Gasteiger partial charge in [0.1, 0.15) is 17.2 Å². The van der Waals surface area contributed by atoms with E-state index in [9.17, 15) is 18.4 Å². The van der Waals surface area contributed by atoms with Crippen molar-refractivity contribution in [3.63, 3.8) is 0 Å². The predicted octanol–water partition coefficient (Wildman–Crippen LogP) is 3.55. The van der Waals surface area contributed by atoms with Crippen LogP contribution in [-0.4, -0.2) is 47.8 Å². The second-order valence-corrected chi connectivity index (χ2v) is 8.88. The molecule has 5 nitrogen and oxygen atoms in total. The van der Waals surface area contributed by atoms with Crippen molar-refractivity contribution in [3.05, 3.63) is 69.7 Å². The zero-order valence-corrected chi connectivity index (χ0v) is 17.9. The molecule has 31 heavy (non-hydrogen) atoms. The highest BCUT2D eigenvalue weighted by Crippen LogP contribution is 2.38. The minimum Gasteiger partial charge on any atom is -0.370 e. The van der Waals surface area contributed by atoms with Gasteiger partial charge < -0.3 is 10.6 Å². The van der Waals surface area contributed by atoms with Crippen molar-refractivity contribution in [1.82, 2.24) is 9.80 Å². The average Bonchev–Trinajstić information content (AvgIpc) is 3.27. The number of primary amides is 1. The molecule has 0 spiro atoms. The minimum atomic E-state index is -0.846. The average molecular weight is 448 g/mol.